The van der Waals surface area contributed by atoms with Crippen molar-refractivity contribution in [3.63, 3.8) is 0 Å². The van der Waals surface area contributed by atoms with Crippen LogP contribution in [0.2, 0.25) is 0 Å². The smallest absolute Gasteiger partial charge is 0.405 e. The molecule has 0 spiro atoms. The Balaban J connectivity index is 1.62. The van der Waals surface area contributed by atoms with E-state index < -0.39 is 12.5 Å². The molecule has 158 valence electrons. The average molecular weight is 420 g/mol. The number of hydrazone groups is 1. The summed E-state index contributed by atoms with van der Waals surface area (Å²) in [6, 6.07) is 5.74. The molecule has 0 bridgehead atoms. The van der Waals surface area contributed by atoms with E-state index in [-0.39, 0.29) is 28.6 Å². The number of amides is 1. The molecule has 11 heteroatoms. The van der Waals surface area contributed by atoms with Crippen molar-refractivity contribution in [1.82, 2.24) is 26.3 Å². The Hall–Kier alpha value is -3.47. The Kier molecular flexibility index (Phi) is 5.12. The van der Waals surface area contributed by atoms with Crippen molar-refractivity contribution >= 4 is 11.6 Å². The number of rotatable bonds is 4. The van der Waals surface area contributed by atoms with Crippen molar-refractivity contribution < 1.29 is 22.7 Å². The minimum absolute atomic E-state index is 0.163. The van der Waals surface area contributed by atoms with Crippen molar-refractivity contribution in [3.05, 3.63) is 65.3 Å². The molecule has 0 aliphatic carbocycles. The van der Waals surface area contributed by atoms with Crippen LogP contribution in [-0.4, -0.2) is 42.4 Å². The topological polar surface area (TPSA) is 90.0 Å². The van der Waals surface area contributed by atoms with Gasteiger partial charge in [-0.2, -0.15) is 5.10 Å². The van der Waals surface area contributed by atoms with Crippen LogP contribution < -0.4 is 26.0 Å². The molecular formula is C19H19F3N6O2. The third kappa shape index (κ3) is 4.10. The summed E-state index contributed by atoms with van der Waals surface area (Å²) < 4.78 is 42.4. The summed E-state index contributed by atoms with van der Waals surface area (Å²) in [6.07, 6.45) is -0.132. The fourth-order valence-electron chi connectivity index (χ4n) is 3.30. The molecule has 3 aliphatic heterocycles. The lowest BCUT2D eigenvalue weighted by Crippen LogP contribution is -2.43. The molecule has 0 radical (unpaired) electrons. The van der Waals surface area contributed by atoms with Gasteiger partial charge in [-0.1, -0.05) is 12.1 Å². The molecule has 4 rings (SSSR count). The lowest BCUT2D eigenvalue weighted by molar-refractivity contribution is -0.274. The zero-order valence-electron chi connectivity index (χ0n) is 15.9. The van der Waals surface area contributed by atoms with E-state index in [0.29, 0.717) is 24.7 Å². The summed E-state index contributed by atoms with van der Waals surface area (Å²) in [4.78, 5) is 12.9. The highest BCUT2D eigenvalue weighted by atomic mass is 19.4. The van der Waals surface area contributed by atoms with Crippen LogP contribution in [-0.2, 0) is 4.79 Å². The first kappa shape index (κ1) is 19.8. The van der Waals surface area contributed by atoms with E-state index in [1.807, 2.05) is 0 Å². The van der Waals surface area contributed by atoms with Gasteiger partial charge < -0.3 is 20.7 Å². The van der Waals surface area contributed by atoms with Crippen LogP contribution in [0.1, 0.15) is 12.5 Å². The molecule has 1 aromatic rings. The second-order valence-corrected chi connectivity index (χ2v) is 6.68. The number of nitrogens with one attached hydrogen (secondary N) is 4. The highest BCUT2D eigenvalue weighted by molar-refractivity contribution is 6.11. The molecule has 30 heavy (non-hydrogen) atoms. The summed E-state index contributed by atoms with van der Waals surface area (Å²) in [7, 11) is 0. The maximum Gasteiger partial charge on any atom is 0.573 e. The summed E-state index contributed by atoms with van der Waals surface area (Å²) >= 11 is 0. The molecule has 1 aromatic carbocycles. The fourth-order valence-corrected chi connectivity index (χ4v) is 3.30. The van der Waals surface area contributed by atoms with Gasteiger partial charge in [0.1, 0.15) is 23.4 Å². The number of alkyl halides is 3. The number of carbonyl (C=O) groups excluding carboxylic acids is 1. The van der Waals surface area contributed by atoms with Gasteiger partial charge >= 0.3 is 6.36 Å². The van der Waals surface area contributed by atoms with E-state index in [0.717, 1.165) is 0 Å². The highest BCUT2D eigenvalue weighted by Crippen LogP contribution is 2.30. The van der Waals surface area contributed by atoms with Gasteiger partial charge in [0.2, 0.25) is 0 Å². The number of hydrogen-bond donors (Lipinski definition) is 4. The number of hydrogen-bond acceptors (Lipinski definition) is 7. The van der Waals surface area contributed by atoms with Gasteiger partial charge in [0.15, 0.2) is 0 Å². The first-order chi connectivity index (χ1) is 14.3. The molecular weight excluding hydrogens is 401 g/mol. The molecule has 1 unspecified atom stereocenters. The molecule has 8 nitrogen and oxygen atoms in total. The number of ether oxygens (including phenoxy) is 1. The number of fused-ring (bicyclic) bond motifs is 1. The number of carbonyl (C=O) groups is 1. The van der Waals surface area contributed by atoms with E-state index in [4.69, 9.17) is 0 Å². The molecule has 3 aliphatic rings. The Morgan fingerprint density at radius 2 is 2.13 bits per heavy atom. The first-order valence-electron chi connectivity index (χ1n) is 9.16. The summed E-state index contributed by atoms with van der Waals surface area (Å²) in [5, 5.41) is 17.9. The Morgan fingerprint density at radius 3 is 2.87 bits per heavy atom. The van der Waals surface area contributed by atoms with E-state index in [9.17, 15) is 18.0 Å². The van der Waals surface area contributed by atoms with Crippen LogP contribution >= 0.6 is 0 Å². The van der Waals surface area contributed by atoms with Crippen molar-refractivity contribution in [3.8, 4) is 5.75 Å². The van der Waals surface area contributed by atoms with Gasteiger partial charge in [-0.15, -0.1) is 13.2 Å². The van der Waals surface area contributed by atoms with Gasteiger partial charge in [0, 0.05) is 17.8 Å². The zero-order valence-corrected chi connectivity index (χ0v) is 15.9. The lowest BCUT2D eigenvalue weighted by Gasteiger charge is -2.26. The number of para-hydroxylation sites is 1. The van der Waals surface area contributed by atoms with Gasteiger partial charge in [0.25, 0.3) is 5.91 Å². The SMILES string of the molecule is CC1=C(C(=O)NC2=CCNCN2)N2N=C(c3ccccc3OC(F)(F)F)C=CC2N1. The maximum absolute atomic E-state index is 12.9. The molecule has 3 heterocycles. The van der Waals surface area contributed by atoms with E-state index in [1.165, 1.54) is 23.2 Å². The number of nitrogens with zero attached hydrogens (tertiary/aromatic N) is 2. The fraction of sp³-hybridized carbons (Fsp3) is 0.263. The predicted octanol–water partition coefficient (Wildman–Crippen LogP) is 1.43. The van der Waals surface area contributed by atoms with Crippen LogP contribution in [0.25, 0.3) is 0 Å². The van der Waals surface area contributed by atoms with Crippen molar-refractivity contribution in [2.75, 3.05) is 13.2 Å². The highest BCUT2D eigenvalue weighted by Gasteiger charge is 2.36. The van der Waals surface area contributed by atoms with Crippen molar-refractivity contribution in [1.29, 1.82) is 0 Å². The lowest BCUT2D eigenvalue weighted by atomic mass is 10.1. The minimum atomic E-state index is -4.83. The van der Waals surface area contributed by atoms with Gasteiger partial charge in [-0.3, -0.25) is 10.1 Å². The van der Waals surface area contributed by atoms with Gasteiger partial charge in [-0.05, 0) is 37.3 Å². The number of allylic oxidation sites excluding steroid dienone is 2. The average Bonchev–Trinajstić information content (AvgIpc) is 3.03. The predicted molar refractivity (Wildman–Crippen MR) is 102 cm³/mol. The third-order valence-corrected chi connectivity index (χ3v) is 4.57. The standard InChI is InChI=1S/C19H19F3N6O2/c1-11-17(18(29)26-15-8-9-23-10-24-15)28-16(25-11)7-6-13(27-28)12-4-2-3-5-14(12)30-19(20,21)22/h2-8,16,23-25H,9-10H2,1H3,(H,26,29). The third-order valence-electron chi connectivity index (χ3n) is 4.57. The van der Waals surface area contributed by atoms with Crippen LogP contribution in [0, 0.1) is 0 Å². The second kappa shape index (κ2) is 7.75. The number of halogens is 3. The molecule has 0 saturated heterocycles. The molecule has 0 saturated carbocycles. The Labute approximate surface area is 170 Å². The van der Waals surface area contributed by atoms with Crippen LogP contribution in [0.5, 0.6) is 5.75 Å². The van der Waals surface area contributed by atoms with Gasteiger partial charge in [-0.25, -0.2) is 5.01 Å². The molecule has 0 aromatic heterocycles. The van der Waals surface area contributed by atoms with Crippen LogP contribution in [0.15, 0.2) is 64.8 Å². The molecule has 0 fully saturated rings. The largest absolute Gasteiger partial charge is 0.573 e. The normalized spacial score (nSPS) is 20.7. The van der Waals surface area contributed by atoms with Crippen LogP contribution in [0.3, 0.4) is 0 Å². The minimum Gasteiger partial charge on any atom is -0.405 e. The number of benzene rings is 1. The first-order valence-corrected chi connectivity index (χ1v) is 9.16. The van der Waals surface area contributed by atoms with Gasteiger partial charge in [0.05, 0.1) is 12.4 Å². The molecule has 4 N–H and O–H groups in total. The second-order valence-electron chi connectivity index (χ2n) is 6.68. The quantitative estimate of drug-likeness (QED) is 0.590. The summed E-state index contributed by atoms with van der Waals surface area (Å²) in [5.74, 6) is -0.181. The maximum atomic E-state index is 12.9. The Morgan fingerprint density at radius 1 is 1.33 bits per heavy atom. The van der Waals surface area contributed by atoms with Crippen LogP contribution in [0.4, 0.5) is 13.2 Å². The Bertz CT molecular complexity index is 983. The summed E-state index contributed by atoms with van der Waals surface area (Å²) in [6.45, 7) is 2.88. The van der Waals surface area contributed by atoms with E-state index in [1.54, 1.807) is 31.2 Å². The zero-order chi connectivity index (χ0) is 21.3. The monoisotopic (exact) mass is 420 g/mol. The van der Waals surface area contributed by atoms with Crippen molar-refractivity contribution in [2.45, 2.75) is 19.5 Å². The molecule has 1 atom stereocenters. The molecule has 1 amide bonds. The van der Waals surface area contributed by atoms with E-state index >= 15 is 0 Å². The van der Waals surface area contributed by atoms with Crippen molar-refractivity contribution in [2.24, 2.45) is 5.10 Å². The summed E-state index contributed by atoms with van der Waals surface area (Å²) in [5.41, 5.74) is 1.28. The van der Waals surface area contributed by atoms with E-state index in [2.05, 4.69) is 31.1 Å².